The van der Waals surface area contributed by atoms with E-state index >= 15 is 0 Å². The molecule has 0 atom stereocenters. The Balaban J connectivity index is 1.87. The van der Waals surface area contributed by atoms with Crippen LogP contribution < -0.4 is 4.74 Å². The molecule has 126 valence electrons. The van der Waals surface area contributed by atoms with Crippen LogP contribution in [0.3, 0.4) is 0 Å². The predicted octanol–water partition coefficient (Wildman–Crippen LogP) is 5.26. The molecular formula is C17H13ClF3NO2. The van der Waals surface area contributed by atoms with Gasteiger partial charge in [-0.1, -0.05) is 23.7 Å². The number of aryl methyl sites for hydroxylation is 1. The summed E-state index contributed by atoms with van der Waals surface area (Å²) in [6, 6.07) is 9.03. The molecule has 1 heterocycles. The van der Waals surface area contributed by atoms with Crippen LogP contribution in [0.15, 0.2) is 42.6 Å². The zero-order valence-corrected chi connectivity index (χ0v) is 13.3. The number of hydrogen-bond acceptors (Lipinski definition) is 2. The van der Waals surface area contributed by atoms with Gasteiger partial charge in [0, 0.05) is 22.0 Å². The lowest BCUT2D eigenvalue weighted by Crippen LogP contribution is -2.17. The van der Waals surface area contributed by atoms with Crippen LogP contribution in [0.2, 0.25) is 5.02 Å². The zero-order valence-electron chi connectivity index (χ0n) is 12.6. The van der Waals surface area contributed by atoms with E-state index in [2.05, 4.69) is 4.74 Å². The lowest BCUT2D eigenvalue weighted by molar-refractivity contribution is -0.274. The summed E-state index contributed by atoms with van der Waals surface area (Å²) < 4.78 is 41.9. The SMILES string of the molecule is Cc1cc(Cl)cc2cn(Cc3ccc(OC(F)(F)F)cc3)c(O)c12. The fraction of sp³-hybridized carbons (Fsp3) is 0.176. The summed E-state index contributed by atoms with van der Waals surface area (Å²) in [5, 5.41) is 12.5. The molecule has 0 aliphatic heterocycles. The van der Waals surface area contributed by atoms with E-state index in [1.165, 1.54) is 24.3 Å². The summed E-state index contributed by atoms with van der Waals surface area (Å²) in [4.78, 5) is 0. The number of aromatic hydroxyl groups is 1. The van der Waals surface area contributed by atoms with Gasteiger partial charge in [0.1, 0.15) is 5.75 Å². The van der Waals surface area contributed by atoms with E-state index in [0.717, 1.165) is 16.5 Å². The van der Waals surface area contributed by atoms with E-state index in [4.69, 9.17) is 11.6 Å². The van der Waals surface area contributed by atoms with Crippen molar-refractivity contribution in [3.63, 3.8) is 0 Å². The Morgan fingerprint density at radius 3 is 2.46 bits per heavy atom. The van der Waals surface area contributed by atoms with Crippen LogP contribution in [0, 0.1) is 6.92 Å². The zero-order chi connectivity index (χ0) is 17.5. The Morgan fingerprint density at radius 2 is 1.83 bits per heavy atom. The van der Waals surface area contributed by atoms with Crippen molar-refractivity contribution >= 4 is 22.4 Å². The molecule has 1 N–H and O–H groups in total. The molecule has 0 fully saturated rings. The first-order chi connectivity index (χ1) is 11.2. The van der Waals surface area contributed by atoms with Crippen LogP contribution in [0.5, 0.6) is 11.6 Å². The van der Waals surface area contributed by atoms with E-state index in [1.54, 1.807) is 22.9 Å². The molecule has 0 aliphatic carbocycles. The van der Waals surface area contributed by atoms with Gasteiger partial charge in [0.15, 0.2) is 5.88 Å². The number of halogens is 4. The highest BCUT2D eigenvalue weighted by Gasteiger charge is 2.30. The number of fused-ring (bicyclic) bond motifs is 1. The maximum absolute atomic E-state index is 12.2. The largest absolute Gasteiger partial charge is 0.573 e. The number of hydrogen-bond donors (Lipinski definition) is 1. The van der Waals surface area contributed by atoms with Crippen LogP contribution in [0.4, 0.5) is 13.2 Å². The first-order valence-electron chi connectivity index (χ1n) is 7.05. The predicted molar refractivity (Wildman–Crippen MR) is 85.6 cm³/mol. The van der Waals surface area contributed by atoms with Gasteiger partial charge in [-0.15, -0.1) is 13.2 Å². The smallest absolute Gasteiger partial charge is 0.494 e. The molecule has 2 aromatic carbocycles. The topological polar surface area (TPSA) is 34.4 Å². The van der Waals surface area contributed by atoms with Gasteiger partial charge in [0.2, 0.25) is 0 Å². The molecule has 0 aliphatic rings. The van der Waals surface area contributed by atoms with Crippen molar-refractivity contribution in [3.8, 4) is 11.6 Å². The second-order valence-electron chi connectivity index (χ2n) is 5.46. The van der Waals surface area contributed by atoms with Crippen LogP contribution in [0.1, 0.15) is 11.1 Å². The lowest BCUT2D eigenvalue weighted by atomic mass is 10.1. The van der Waals surface area contributed by atoms with E-state index in [0.29, 0.717) is 17.0 Å². The van der Waals surface area contributed by atoms with Gasteiger partial charge >= 0.3 is 6.36 Å². The monoisotopic (exact) mass is 355 g/mol. The highest BCUT2D eigenvalue weighted by Crippen LogP contribution is 2.33. The minimum Gasteiger partial charge on any atom is -0.494 e. The van der Waals surface area contributed by atoms with Crippen molar-refractivity contribution in [1.82, 2.24) is 4.57 Å². The van der Waals surface area contributed by atoms with Crippen molar-refractivity contribution in [2.45, 2.75) is 19.8 Å². The first kappa shape index (κ1) is 16.5. The molecule has 0 spiro atoms. The molecule has 3 nitrogen and oxygen atoms in total. The maximum atomic E-state index is 12.2. The molecule has 1 aromatic heterocycles. The van der Waals surface area contributed by atoms with E-state index < -0.39 is 6.36 Å². The molecule has 3 aromatic rings. The van der Waals surface area contributed by atoms with Crippen molar-refractivity contribution in [3.05, 3.63) is 58.7 Å². The Morgan fingerprint density at radius 1 is 1.17 bits per heavy atom. The standard InChI is InChI=1S/C17H13ClF3NO2/c1-10-6-13(18)7-12-9-22(16(23)15(10)12)8-11-2-4-14(5-3-11)24-17(19,20)21/h2-7,9,23H,8H2,1H3. The Hall–Kier alpha value is -2.34. The van der Waals surface area contributed by atoms with Gasteiger partial charge in [0.05, 0.1) is 6.54 Å². The molecule has 0 radical (unpaired) electrons. The minimum atomic E-state index is -4.71. The van der Waals surface area contributed by atoms with E-state index in [-0.39, 0.29) is 11.6 Å². The van der Waals surface area contributed by atoms with Gasteiger partial charge in [-0.2, -0.15) is 0 Å². The fourth-order valence-electron chi connectivity index (χ4n) is 2.66. The first-order valence-corrected chi connectivity index (χ1v) is 7.43. The van der Waals surface area contributed by atoms with Gasteiger partial charge < -0.3 is 14.4 Å². The van der Waals surface area contributed by atoms with Crippen LogP contribution in [0.25, 0.3) is 10.8 Å². The van der Waals surface area contributed by atoms with Crippen LogP contribution in [-0.4, -0.2) is 16.0 Å². The third-order valence-electron chi connectivity index (χ3n) is 3.63. The quantitative estimate of drug-likeness (QED) is 0.695. The van der Waals surface area contributed by atoms with E-state index in [1.807, 2.05) is 6.92 Å². The number of alkyl halides is 3. The van der Waals surface area contributed by atoms with Crippen molar-refractivity contribution < 1.29 is 23.0 Å². The number of rotatable bonds is 3. The summed E-state index contributed by atoms with van der Waals surface area (Å²) in [6.07, 6.45) is -2.96. The average molecular weight is 356 g/mol. The maximum Gasteiger partial charge on any atom is 0.573 e. The Kier molecular flexibility index (Phi) is 4.09. The number of ether oxygens (including phenoxy) is 1. The average Bonchev–Trinajstić information content (AvgIpc) is 2.76. The van der Waals surface area contributed by atoms with Crippen molar-refractivity contribution in [2.24, 2.45) is 0 Å². The molecule has 3 rings (SSSR count). The summed E-state index contributed by atoms with van der Waals surface area (Å²) in [6.45, 7) is 2.16. The molecule has 24 heavy (non-hydrogen) atoms. The second-order valence-corrected chi connectivity index (χ2v) is 5.90. The molecule has 0 bridgehead atoms. The van der Waals surface area contributed by atoms with Gasteiger partial charge in [-0.05, 0) is 42.3 Å². The van der Waals surface area contributed by atoms with Gasteiger partial charge in [0.25, 0.3) is 0 Å². The summed E-state index contributed by atoms with van der Waals surface area (Å²) in [5.74, 6) is -0.189. The molecule has 0 saturated heterocycles. The summed E-state index contributed by atoms with van der Waals surface area (Å²) >= 11 is 6.02. The number of benzene rings is 2. The Labute approximate surface area is 140 Å². The molecule has 0 amide bonds. The molecule has 7 heteroatoms. The van der Waals surface area contributed by atoms with E-state index in [9.17, 15) is 18.3 Å². The fourth-order valence-corrected chi connectivity index (χ4v) is 2.94. The minimum absolute atomic E-state index is 0.0924. The van der Waals surface area contributed by atoms with Crippen LogP contribution >= 0.6 is 11.6 Å². The van der Waals surface area contributed by atoms with Crippen molar-refractivity contribution in [2.75, 3.05) is 0 Å². The van der Waals surface area contributed by atoms with Gasteiger partial charge in [-0.25, -0.2) is 0 Å². The Bertz CT molecular complexity index is 885. The molecule has 0 saturated carbocycles. The van der Waals surface area contributed by atoms with Crippen molar-refractivity contribution in [1.29, 1.82) is 0 Å². The summed E-state index contributed by atoms with van der Waals surface area (Å²) in [5.41, 5.74) is 1.58. The highest BCUT2D eigenvalue weighted by molar-refractivity contribution is 6.31. The third kappa shape index (κ3) is 3.43. The highest BCUT2D eigenvalue weighted by atomic mass is 35.5. The molecular weight excluding hydrogens is 343 g/mol. The van der Waals surface area contributed by atoms with Crippen LogP contribution in [-0.2, 0) is 6.54 Å². The summed E-state index contributed by atoms with van der Waals surface area (Å²) in [7, 11) is 0. The lowest BCUT2D eigenvalue weighted by Gasteiger charge is -2.10. The third-order valence-corrected chi connectivity index (χ3v) is 3.85. The molecule has 0 unspecified atom stereocenters. The van der Waals surface area contributed by atoms with Gasteiger partial charge in [-0.3, -0.25) is 0 Å². The normalized spacial score (nSPS) is 11.9. The second kappa shape index (κ2) is 5.94. The number of nitrogens with zero attached hydrogens (tertiary/aromatic N) is 1. The number of aromatic nitrogens is 1.